The van der Waals surface area contributed by atoms with Gasteiger partial charge in [0.15, 0.2) is 9.84 Å². The van der Waals surface area contributed by atoms with Crippen molar-refractivity contribution in [2.24, 2.45) is 0 Å². The first-order valence-electron chi connectivity index (χ1n) is 4.57. The molecule has 1 N–H and O–H groups in total. The van der Waals surface area contributed by atoms with Gasteiger partial charge in [0, 0.05) is 11.6 Å². The Morgan fingerprint density at radius 3 is 2.56 bits per heavy atom. The molecular weight excluding hydrogens is 269 g/mol. The van der Waals surface area contributed by atoms with E-state index in [1.807, 2.05) is 0 Å². The van der Waals surface area contributed by atoms with Crippen LogP contribution < -0.4 is 0 Å². The molecule has 1 rings (SSSR count). The lowest BCUT2D eigenvalue weighted by molar-refractivity contribution is -0.387. The molecule has 0 spiro atoms. The molecule has 0 fully saturated rings. The van der Waals surface area contributed by atoms with Gasteiger partial charge in [-0.25, -0.2) is 8.42 Å². The normalized spacial score (nSPS) is 11.2. The first-order valence-corrected chi connectivity index (χ1v) is 6.39. The van der Waals surface area contributed by atoms with Crippen molar-refractivity contribution in [3.8, 4) is 0 Å². The van der Waals surface area contributed by atoms with E-state index in [2.05, 4.69) is 0 Å². The Bertz CT molecular complexity index is 597. The minimum atomic E-state index is -4.06. The molecule has 0 saturated carbocycles. The molecule has 98 valence electrons. The van der Waals surface area contributed by atoms with Gasteiger partial charge in [-0.05, 0) is 0 Å². The van der Waals surface area contributed by atoms with Crippen LogP contribution in [-0.4, -0.2) is 30.2 Å². The van der Waals surface area contributed by atoms with Crippen LogP contribution in [0.3, 0.4) is 0 Å². The van der Waals surface area contributed by atoms with Crippen molar-refractivity contribution in [3.05, 3.63) is 39.7 Å². The zero-order valence-corrected chi connectivity index (χ0v) is 9.68. The SMILES string of the molecule is O=C(O)CS(=O)(=O)Cc1cccc([N+](=O)[O-])c1F. The number of hydrogen-bond acceptors (Lipinski definition) is 5. The van der Waals surface area contributed by atoms with Crippen LogP contribution in [0.4, 0.5) is 10.1 Å². The minimum Gasteiger partial charge on any atom is -0.480 e. The fourth-order valence-electron chi connectivity index (χ4n) is 1.29. The maximum absolute atomic E-state index is 13.5. The Morgan fingerprint density at radius 2 is 2.06 bits per heavy atom. The van der Waals surface area contributed by atoms with Gasteiger partial charge in [0.25, 0.3) is 0 Å². The summed E-state index contributed by atoms with van der Waals surface area (Å²) in [6.45, 7) is 0. The average Bonchev–Trinajstić information content (AvgIpc) is 2.18. The number of carboxylic acid groups (broad SMARTS) is 1. The summed E-state index contributed by atoms with van der Waals surface area (Å²) in [5.41, 5.74) is -1.27. The predicted octanol–water partition coefficient (Wildman–Crippen LogP) is 0.733. The molecule has 9 heteroatoms. The largest absolute Gasteiger partial charge is 0.480 e. The summed E-state index contributed by atoms with van der Waals surface area (Å²) in [5, 5.41) is 18.8. The Morgan fingerprint density at radius 1 is 1.44 bits per heavy atom. The molecule has 0 atom stereocenters. The van der Waals surface area contributed by atoms with Gasteiger partial charge in [-0.1, -0.05) is 12.1 Å². The monoisotopic (exact) mass is 277 g/mol. The maximum atomic E-state index is 13.5. The number of rotatable bonds is 5. The highest BCUT2D eigenvalue weighted by atomic mass is 32.2. The number of aliphatic carboxylic acids is 1. The number of sulfone groups is 1. The van der Waals surface area contributed by atoms with Crippen LogP contribution in [0.1, 0.15) is 5.56 Å². The molecule has 0 aliphatic heterocycles. The van der Waals surface area contributed by atoms with Crippen molar-refractivity contribution >= 4 is 21.5 Å². The highest BCUT2D eigenvalue weighted by molar-refractivity contribution is 7.91. The topological polar surface area (TPSA) is 115 Å². The van der Waals surface area contributed by atoms with E-state index < -0.39 is 49.3 Å². The second-order valence-electron chi connectivity index (χ2n) is 3.43. The van der Waals surface area contributed by atoms with Crippen molar-refractivity contribution in [3.63, 3.8) is 0 Å². The molecule has 18 heavy (non-hydrogen) atoms. The van der Waals surface area contributed by atoms with Crippen molar-refractivity contribution in [1.29, 1.82) is 0 Å². The summed E-state index contributed by atoms with van der Waals surface area (Å²) >= 11 is 0. The lowest BCUT2D eigenvalue weighted by atomic mass is 10.2. The van der Waals surface area contributed by atoms with Gasteiger partial charge in [-0.15, -0.1) is 0 Å². The van der Waals surface area contributed by atoms with E-state index >= 15 is 0 Å². The number of halogens is 1. The number of nitro benzene ring substituents is 1. The Kier molecular flexibility index (Phi) is 3.96. The van der Waals surface area contributed by atoms with E-state index in [0.29, 0.717) is 0 Å². The van der Waals surface area contributed by atoms with E-state index in [9.17, 15) is 27.7 Å². The van der Waals surface area contributed by atoms with E-state index in [1.165, 1.54) is 0 Å². The van der Waals surface area contributed by atoms with Gasteiger partial charge >= 0.3 is 11.7 Å². The average molecular weight is 277 g/mol. The number of nitro groups is 1. The summed E-state index contributed by atoms with van der Waals surface area (Å²) in [6, 6.07) is 3.08. The van der Waals surface area contributed by atoms with Crippen LogP contribution >= 0.6 is 0 Å². The molecule has 7 nitrogen and oxygen atoms in total. The zero-order chi connectivity index (χ0) is 13.9. The minimum absolute atomic E-state index is 0.426. The lowest BCUT2D eigenvalue weighted by Gasteiger charge is -2.03. The van der Waals surface area contributed by atoms with Gasteiger partial charge < -0.3 is 5.11 Å². The van der Waals surface area contributed by atoms with E-state index in [-0.39, 0.29) is 0 Å². The summed E-state index contributed by atoms with van der Waals surface area (Å²) in [6.07, 6.45) is 0. The smallest absolute Gasteiger partial charge is 0.318 e. The summed E-state index contributed by atoms with van der Waals surface area (Å²) < 4.78 is 36.2. The quantitative estimate of drug-likeness (QED) is 0.626. The Labute approximate surface area is 101 Å². The van der Waals surface area contributed by atoms with E-state index in [4.69, 9.17) is 5.11 Å². The lowest BCUT2D eigenvalue weighted by Crippen LogP contribution is -2.17. The standard InChI is InChI=1S/C9H8FNO6S/c10-9-6(2-1-3-7(9)11(14)15)4-18(16,17)5-8(12)13/h1-3H,4-5H2,(H,12,13). The van der Waals surface area contributed by atoms with Crippen LogP contribution in [0, 0.1) is 15.9 Å². The van der Waals surface area contributed by atoms with Gasteiger partial charge in [-0.3, -0.25) is 14.9 Å². The Balaban J connectivity index is 3.10. The summed E-state index contributed by atoms with van der Waals surface area (Å²) in [7, 11) is -4.06. The summed E-state index contributed by atoms with van der Waals surface area (Å²) in [4.78, 5) is 19.7. The van der Waals surface area contributed by atoms with Gasteiger partial charge in [0.1, 0.15) is 5.75 Å². The van der Waals surface area contributed by atoms with E-state index in [1.54, 1.807) is 0 Å². The van der Waals surface area contributed by atoms with Crippen LogP contribution in [0.25, 0.3) is 0 Å². The predicted molar refractivity (Wildman–Crippen MR) is 58.2 cm³/mol. The highest BCUT2D eigenvalue weighted by Gasteiger charge is 2.23. The molecule has 0 amide bonds. The molecule has 0 unspecified atom stereocenters. The number of carbonyl (C=O) groups is 1. The second kappa shape index (κ2) is 5.08. The molecule has 0 saturated heterocycles. The van der Waals surface area contributed by atoms with Crippen molar-refractivity contribution < 1.29 is 27.6 Å². The first-order chi connectivity index (χ1) is 8.23. The van der Waals surface area contributed by atoms with Gasteiger partial charge in [0.2, 0.25) is 5.82 Å². The van der Waals surface area contributed by atoms with Crippen molar-refractivity contribution in [2.45, 2.75) is 5.75 Å². The first kappa shape index (κ1) is 14.0. The van der Waals surface area contributed by atoms with Crippen molar-refractivity contribution in [2.75, 3.05) is 5.75 Å². The fraction of sp³-hybridized carbons (Fsp3) is 0.222. The molecular formula is C9H8FNO6S. The molecule has 0 aliphatic carbocycles. The number of carboxylic acids is 1. The van der Waals surface area contributed by atoms with Crippen molar-refractivity contribution in [1.82, 2.24) is 0 Å². The fourth-order valence-corrected chi connectivity index (χ4v) is 2.47. The number of benzene rings is 1. The van der Waals surface area contributed by atoms with Crippen LogP contribution in [0.15, 0.2) is 18.2 Å². The highest BCUT2D eigenvalue weighted by Crippen LogP contribution is 2.21. The number of hydrogen-bond donors (Lipinski definition) is 1. The molecule has 1 aromatic carbocycles. The van der Waals surface area contributed by atoms with E-state index in [0.717, 1.165) is 18.2 Å². The molecule has 0 aromatic heterocycles. The molecule has 0 aliphatic rings. The Hall–Kier alpha value is -2.03. The van der Waals surface area contributed by atoms with Crippen LogP contribution in [0.5, 0.6) is 0 Å². The number of nitrogens with zero attached hydrogens (tertiary/aromatic N) is 1. The van der Waals surface area contributed by atoms with Gasteiger partial charge in [-0.2, -0.15) is 4.39 Å². The zero-order valence-electron chi connectivity index (χ0n) is 8.87. The third-order valence-corrected chi connectivity index (χ3v) is 3.41. The maximum Gasteiger partial charge on any atom is 0.318 e. The molecule has 0 bridgehead atoms. The molecule has 0 radical (unpaired) electrons. The summed E-state index contributed by atoms with van der Waals surface area (Å²) in [5.74, 6) is -4.89. The third kappa shape index (κ3) is 3.48. The second-order valence-corrected chi connectivity index (χ2v) is 5.50. The third-order valence-electron chi connectivity index (χ3n) is 1.97. The van der Waals surface area contributed by atoms with Gasteiger partial charge in [0.05, 0.1) is 10.7 Å². The molecule has 0 heterocycles. The molecule has 1 aromatic rings. The van der Waals surface area contributed by atoms with Crippen LogP contribution in [0.2, 0.25) is 0 Å². The van der Waals surface area contributed by atoms with Crippen LogP contribution in [-0.2, 0) is 20.4 Å².